The molecule has 1 saturated carbocycles. The lowest BCUT2D eigenvalue weighted by molar-refractivity contribution is 0.340. The quantitative estimate of drug-likeness (QED) is 0.905. The van der Waals surface area contributed by atoms with Crippen molar-refractivity contribution in [3.63, 3.8) is 0 Å². The molecule has 1 heterocycles. The van der Waals surface area contributed by atoms with Crippen molar-refractivity contribution in [1.29, 1.82) is 0 Å². The molecule has 0 unspecified atom stereocenters. The monoisotopic (exact) mass is 246 g/mol. The Morgan fingerprint density at radius 1 is 1.39 bits per heavy atom. The first-order valence-electron chi connectivity index (χ1n) is 6.66. The minimum Gasteiger partial charge on any atom is -0.494 e. The van der Waals surface area contributed by atoms with Crippen LogP contribution >= 0.6 is 0 Å². The van der Waals surface area contributed by atoms with Gasteiger partial charge in [0, 0.05) is 12.1 Å². The van der Waals surface area contributed by atoms with Gasteiger partial charge in [0.05, 0.1) is 17.6 Å². The van der Waals surface area contributed by atoms with Gasteiger partial charge in [-0.15, -0.1) is 0 Å². The molecule has 96 valence electrons. The number of imidazole rings is 1. The summed E-state index contributed by atoms with van der Waals surface area (Å²) >= 11 is 0. The molecule has 0 amide bonds. The highest BCUT2D eigenvalue weighted by Crippen LogP contribution is 2.31. The predicted molar refractivity (Wildman–Crippen MR) is 71.2 cm³/mol. The van der Waals surface area contributed by atoms with Gasteiger partial charge in [-0.25, -0.2) is 4.79 Å². The van der Waals surface area contributed by atoms with Crippen molar-refractivity contribution in [1.82, 2.24) is 9.55 Å². The van der Waals surface area contributed by atoms with Gasteiger partial charge in [0.2, 0.25) is 0 Å². The van der Waals surface area contributed by atoms with E-state index in [9.17, 15) is 4.79 Å². The summed E-state index contributed by atoms with van der Waals surface area (Å²) in [5.74, 6) is 0.810. The standard InChI is InChI=1S/C14H18N2O2/c1-2-18-11-7-8-13-12(9-11)15-14(17)16(13)10-5-3-4-6-10/h7-10H,2-6H2,1H3,(H,15,17). The molecule has 4 nitrogen and oxygen atoms in total. The molecule has 4 heteroatoms. The van der Waals surface area contributed by atoms with E-state index in [-0.39, 0.29) is 5.69 Å². The highest BCUT2D eigenvalue weighted by atomic mass is 16.5. The maximum Gasteiger partial charge on any atom is 0.326 e. The molecule has 1 aromatic carbocycles. The molecule has 1 N–H and O–H groups in total. The van der Waals surface area contributed by atoms with Crippen LogP contribution in [-0.2, 0) is 0 Å². The summed E-state index contributed by atoms with van der Waals surface area (Å²) in [5, 5.41) is 0. The summed E-state index contributed by atoms with van der Waals surface area (Å²) in [6.07, 6.45) is 4.67. The fourth-order valence-electron chi connectivity index (χ4n) is 2.89. The molecular formula is C14H18N2O2. The van der Waals surface area contributed by atoms with Gasteiger partial charge < -0.3 is 9.72 Å². The number of aromatic amines is 1. The average Bonchev–Trinajstić information content (AvgIpc) is 2.95. The smallest absolute Gasteiger partial charge is 0.326 e. The van der Waals surface area contributed by atoms with Crippen molar-refractivity contribution in [2.24, 2.45) is 0 Å². The topological polar surface area (TPSA) is 47.0 Å². The molecule has 3 rings (SSSR count). The summed E-state index contributed by atoms with van der Waals surface area (Å²) < 4.78 is 7.37. The predicted octanol–water partition coefficient (Wildman–Crippen LogP) is 2.84. The number of ether oxygens (including phenoxy) is 1. The molecule has 0 radical (unpaired) electrons. The molecule has 0 bridgehead atoms. The summed E-state index contributed by atoms with van der Waals surface area (Å²) in [7, 11) is 0. The van der Waals surface area contributed by atoms with Crippen LogP contribution in [0.3, 0.4) is 0 Å². The van der Waals surface area contributed by atoms with E-state index >= 15 is 0 Å². The molecule has 0 atom stereocenters. The second kappa shape index (κ2) is 4.52. The number of hydrogen-bond donors (Lipinski definition) is 1. The van der Waals surface area contributed by atoms with Gasteiger partial charge in [-0.2, -0.15) is 0 Å². The van der Waals surface area contributed by atoms with Crippen LogP contribution in [0.25, 0.3) is 11.0 Å². The molecule has 0 spiro atoms. The molecule has 0 saturated heterocycles. The van der Waals surface area contributed by atoms with Gasteiger partial charge >= 0.3 is 5.69 Å². The first kappa shape index (κ1) is 11.4. The first-order chi connectivity index (χ1) is 8.79. The van der Waals surface area contributed by atoms with Crippen LogP contribution in [-0.4, -0.2) is 16.2 Å². The zero-order valence-corrected chi connectivity index (χ0v) is 10.6. The van der Waals surface area contributed by atoms with Crippen LogP contribution < -0.4 is 10.4 Å². The molecule has 2 aromatic rings. The lowest BCUT2D eigenvalue weighted by atomic mass is 10.2. The normalized spacial score (nSPS) is 16.5. The van der Waals surface area contributed by atoms with Crippen molar-refractivity contribution >= 4 is 11.0 Å². The second-order valence-corrected chi connectivity index (χ2v) is 4.85. The number of fused-ring (bicyclic) bond motifs is 1. The molecule has 0 aliphatic heterocycles. The Hall–Kier alpha value is -1.71. The molecule has 1 aromatic heterocycles. The highest BCUT2D eigenvalue weighted by molar-refractivity contribution is 5.77. The van der Waals surface area contributed by atoms with Crippen molar-refractivity contribution in [3.05, 3.63) is 28.7 Å². The van der Waals surface area contributed by atoms with Crippen molar-refractivity contribution in [3.8, 4) is 5.75 Å². The van der Waals surface area contributed by atoms with Crippen LogP contribution in [0.1, 0.15) is 38.6 Å². The van der Waals surface area contributed by atoms with E-state index in [1.54, 1.807) is 0 Å². The zero-order valence-electron chi connectivity index (χ0n) is 10.6. The van der Waals surface area contributed by atoms with E-state index in [4.69, 9.17) is 4.74 Å². The van der Waals surface area contributed by atoms with E-state index < -0.39 is 0 Å². The zero-order chi connectivity index (χ0) is 12.5. The summed E-state index contributed by atoms with van der Waals surface area (Å²) in [5.41, 5.74) is 1.87. The molecule has 1 fully saturated rings. The van der Waals surface area contributed by atoms with Crippen molar-refractivity contribution in [2.75, 3.05) is 6.61 Å². The Labute approximate surface area is 106 Å². The third-order valence-electron chi connectivity index (χ3n) is 3.69. The van der Waals surface area contributed by atoms with Gasteiger partial charge in [-0.3, -0.25) is 4.57 Å². The van der Waals surface area contributed by atoms with Crippen LogP contribution in [0, 0.1) is 0 Å². The number of benzene rings is 1. The summed E-state index contributed by atoms with van der Waals surface area (Å²) in [6.45, 7) is 2.59. The Bertz CT molecular complexity index is 606. The summed E-state index contributed by atoms with van der Waals surface area (Å²) in [4.78, 5) is 15.0. The fraction of sp³-hybridized carbons (Fsp3) is 0.500. The van der Waals surface area contributed by atoms with Gasteiger partial charge in [0.1, 0.15) is 5.75 Å². The second-order valence-electron chi connectivity index (χ2n) is 4.85. The average molecular weight is 246 g/mol. The lowest BCUT2D eigenvalue weighted by Gasteiger charge is -2.11. The Morgan fingerprint density at radius 3 is 2.89 bits per heavy atom. The molecule has 1 aliphatic carbocycles. The number of nitrogens with one attached hydrogen (secondary N) is 1. The maximum atomic E-state index is 12.1. The summed E-state index contributed by atoms with van der Waals surface area (Å²) in [6, 6.07) is 6.19. The van der Waals surface area contributed by atoms with Crippen LogP contribution in [0.2, 0.25) is 0 Å². The first-order valence-corrected chi connectivity index (χ1v) is 6.66. The molecule has 1 aliphatic rings. The minimum absolute atomic E-state index is 0.00514. The fourth-order valence-corrected chi connectivity index (χ4v) is 2.89. The van der Waals surface area contributed by atoms with Crippen LogP contribution in [0.15, 0.2) is 23.0 Å². The van der Waals surface area contributed by atoms with Crippen LogP contribution in [0.5, 0.6) is 5.75 Å². The van der Waals surface area contributed by atoms with E-state index in [0.29, 0.717) is 12.6 Å². The van der Waals surface area contributed by atoms with E-state index in [1.165, 1.54) is 12.8 Å². The Balaban J connectivity index is 2.09. The number of aromatic nitrogens is 2. The number of nitrogens with zero attached hydrogens (tertiary/aromatic N) is 1. The number of H-pyrrole nitrogens is 1. The maximum absolute atomic E-state index is 12.1. The van der Waals surface area contributed by atoms with Gasteiger partial charge in [0.15, 0.2) is 0 Å². The number of rotatable bonds is 3. The van der Waals surface area contributed by atoms with E-state index in [0.717, 1.165) is 29.6 Å². The minimum atomic E-state index is 0.00514. The SMILES string of the molecule is CCOc1ccc2c(c1)[nH]c(=O)n2C1CCCC1. The van der Waals surface area contributed by atoms with Gasteiger partial charge in [-0.1, -0.05) is 12.8 Å². The lowest BCUT2D eigenvalue weighted by Crippen LogP contribution is -2.20. The highest BCUT2D eigenvalue weighted by Gasteiger charge is 2.21. The largest absolute Gasteiger partial charge is 0.494 e. The number of hydrogen-bond acceptors (Lipinski definition) is 2. The molecule has 18 heavy (non-hydrogen) atoms. The Morgan fingerprint density at radius 2 is 2.17 bits per heavy atom. The van der Waals surface area contributed by atoms with E-state index in [1.807, 2.05) is 29.7 Å². The van der Waals surface area contributed by atoms with Gasteiger partial charge in [-0.05, 0) is 31.9 Å². The van der Waals surface area contributed by atoms with Crippen molar-refractivity contribution < 1.29 is 4.74 Å². The van der Waals surface area contributed by atoms with E-state index in [2.05, 4.69) is 4.98 Å². The van der Waals surface area contributed by atoms with Crippen molar-refractivity contribution in [2.45, 2.75) is 38.6 Å². The Kier molecular flexibility index (Phi) is 2.86. The molecular weight excluding hydrogens is 228 g/mol. The third-order valence-corrected chi connectivity index (χ3v) is 3.69. The van der Waals surface area contributed by atoms with Crippen LogP contribution in [0.4, 0.5) is 0 Å². The van der Waals surface area contributed by atoms with Gasteiger partial charge in [0.25, 0.3) is 0 Å². The third kappa shape index (κ3) is 1.82.